The summed E-state index contributed by atoms with van der Waals surface area (Å²) in [6, 6.07) is 6.76. The summed E-state index contributed by atoms with van der Waals surface area (Å²) in [5, 5.41) is 10.2. The van der Waals surface area contributed by atoms with Gasteiger partial charge < -0.3 is 10.8 Å². The second-order valence-corrected chi connectivity index (χ2v) is 7.85. The van der Waals surface area contributed by atoms with Gasteiger partial charge in [0.1, 0.15) is 5.82 Å². The number of fused-ring (bicyclic) bond motifs is 1. The normalized spacial score (nSPS) is 28.3. The van der Waals surface area contributed by atoms with E-state index in [-0.39, 0.29) is 11.9 Å². The molecule has 0 spiro atoms. The molecule has 28 heavy (non-hydrogen) atoms. The quantitative estimate of drug-likeness (QED) is 0.538. The molecule has 150 valence electrons. The number of hydrogen-bond acceptors (Lipinski definition) is 2. The van der Waals surface area contributed by atoms with Crippen molar-refractivity contribution < 1.29 is 9.50 Å². The van der Waals surface area contributed by atoms with Crippen LogP contribution in [0.1, 0.15) is 51.0 Å². The Morgan fingerprint density at radius 2 is 1.86 bits per heavy atom. The molecule has 4 unspecified atom stereocenters. The third-order valence-electron chi connectivity index (χ3n) is 6.00. The van der Waals surface area contributed by atoms with Crippen molar-refractivity contribution in [1.29, 1.82) is 0 Å². The van der Waals surface area contributed by atoms with E-state index in [4.69, 9.17) is 5.73 Å². The van der Waals surface area contributed by atoms with Gasteiger partial charge in [-0.2, -0.15) is 0 Å². The number of aliphatic hydroxyl groups excluding tert-OH is 1. The number of benzene rings is 1. The average molecular weight is 382 g/mol. The molecule has 3 rings (SSSR count). The number of hydrogen-bond donors (Lipinski definition) is 2. The van der Waals surface area contributed by atoms with Crippen LogP contribution in [0.2, 0.25) is 0 Å². The maximum atomic E-state index is 13.8. The number of rotatable bonds is 4. The van der Waals surface area contributed by atoms with Crippen molar-refractivity contribution in [2.75, 3.05) is 0 Å². The summed E-state index contributed by atoms with van der Waals surface area (Å²) in [7, 11) is 0. The zero-order valence-corrected chi connectivity index (χ0v) is 16.7. The Morgan fingerprint density at radius 3 is 2.61 bits per heavy atom. The van der Waals surface area contributed by atoms with Crippen molar-refractivity contribution in [2.24, 2.45) is 23.5 Å². The van der Waals surface area contributed by atoms with E-state index in [1.165, 1.54) is 31.7 Å². The van der Waals surface area contributed by atoms with Gasteiger partial charge in [0.25, 0.3) is 0 Å². The van der Waals surface area contributed by atoms with Crippen LogP contribution < -0.4 is 5.73 Å². The molecule has 0 heterocycles. The lowest BCUT2D eigenvalue weighted by Gasteiger charge is -2.42. The highest BCUT2D eigenvalue weighted by molar-refractivity contribution is 5.65. The number of nitrogens with two attached hydrogens (primary N) is 1. The lowest BCUT2D eigenvalue weighted by Crippen LogP contribution is -2.36. The number of aliphatic hydroxyl groups is 1. The highest BCUT2D eigenvalue weighted by Crippen LogP contribution is 2.44. The van der Waals surface area contributed by atoms with E-state index in [1.54, 1.807) is 12.1 Å². The van der Waals surface area contributed by atoms with Crippen molar-refractivity contribution in [3.05, 3.63) is 65.6 Å². The van der Waals surface area contributed by atoms with E-state index in [0.29, 0.717) is 29.0 Å². The Balaban J connectivity index is 0.00000136. The van der Waals surface area contributed by atoms with Crippen LogP contribution in [-0.4, -0.2) is 11.2 Å². The van der Waals surface area contributed by atoms with E-state index >= 15 is 0 Å². The van der Waals surface area contributed by atoms with Gasteiger partial charge in [-0.3, -0.25) is 0 Å². The molecule has 4 atom stereocenters. The molecule has 2 fully saturated rings. The molecule has 2 nitrogen and oxygen atoms in total. The molecule has 1 aromatic carbocycles. The molecule has 0 saturated heterocycles. The minimum Gasteiger partial charge on any atom is -0.399 e. The molecule has 3 N–H and O–H groups in total. The first kappa shape index (κ1) is 22.0. The van der Waals surface area contributed by atoms with Crippen LogP contribution >= 0.6 is 0 Å². The van der Waals surface area contributed by atoms with Crippen molar-refractivity contribution in [3.63, 3.8) is 0 Å². The zero-order chi connectivity index (χ0) is 20.5. The summed E-state index contributed by atoms with van der Waals surface area (Å²) in [6.07, 6.45) is 22.6. The lowest BCUT2D eigenvalue weighted by atomic mass is 9.64. The summed E-state index contributed by atoms with van der Waals surface area (Å²) in [4.78, 5) is 0. The van der Waals surface area contributed by atoms with Crippen LogP contribution in [0, 0.1) is 36.4 Å². The van der Waals surface area contributed by atoms with Crippen molar-refractivity contribution >= 4 is 5.57 Å². The van der Waals surface area contributed by atoms with Gasteiger partial charge in [-0.05, 0) is 67.7 Å². The van der Waals surface area contributed by atoms with Crippen LogP contribution in [0.25, 0.3) is 5.57 Å². The number of terminal acetylenes is 1. The lowest BCUT2D eigenvalue weighted by molar-refractivity contribution is 0.0230. The molecular formula is C25H32FNO. The summed E-state index contributed by atoms with van der Waals surface area (Å²) < 4.78 is 13.8. The van der Waals surface area contributed by atoms with Gasteiger partial charge in [0.2, 0.25) is 0 Å². The van der Waals surface area contributed by atoms with Crippen LogP contribution in [-0.2, 0) is 0 Å². The molecular weight excluding hydrogens is 349 g/mol. The van der Waals surface area contributed by atoms with Crippen molar-refractivity contribution in [3.8, 4) is 12.8 Å². The zero-order valence-electron chi connectivity index (χ0n) is 16.7. The van der Waals surface area contributed by atoms with Gasteiger partial charge in [0.05, 0.1) is 6.10 Å². The highest BCUT2D eigenvalue weighted by atomic mass is 19.1. The van der Waals surface area contributed by atoms with Crippen LogP contribution in [0.15, 0.2) is 54.3 Å². The van der Waals surface area contributed by atoms with Gasteiger partial charge >= 0.3 is 0 Å². The van der Waals surface area contributed by atoms with Crippen molar-refractivity contribution in [1.82, 2.24) is 0 Å². The first-order valence-corrected chi connectivity index (χ1v) is 10.1. The maximum Gasteiger partial charge on any atom is 0.130 e. The monoisotopic (exact) mass is 381 g/mol. The molecule has 0 amide bonds. The predicted molar refractivity (Wildman–Crippen MR) is 116 cm³/mol. The van der Waals surface area contributed by atoms with Crippen LogP contribution in [0.5, 0.6) is 0 Å². The molecule has 2 aliphatic carbocycles. The Labute approximate surface area is 169 Å². The number of allylic oxidation sites excluding steroid dienone is 5. The fourth-order valence-corrected chi connectivity index (χ4v) is 4.63. The SMILES string of the molecule is C#C.C\C(=C/C=C(N)/C=C/C1CC(O)CC2CCCCC12)c1ccccc1F. The standard InChI is InChI=1S/C23H30FNO.C2H2/c1-16(21-7-4-5-9-23(21)24)10-12-19(25)13-11-18-15-20(26)14-17-6-2-3-8-22(17)18;1-2/h4-5,7,9-13,17-18,20,22,26H,2-3,6,8,14-15,25H2,1H3;1-2H/b13-11+,16-10+,19-12-;. The van der Waals surface area contributed by atoms with Gasteiger partial charge in [-0.15, -0.1) is 12.8 Å². The molecule has 0 aromatic heterocycles. The molecule has 0 bridgehead atoms. The van der Waals surface area contributed by atoms with E-state index < -0.39 is 0 Å². The van der Waals surface area contributed by atoms with E-state index in [0.717, 1.165) is 18.4 Å². The maximum absolute atomic E-state index is 13.8. The molecule has 3 heteroatoms. The predicted octanol–water partition coefficient (Wildman–Crippen LogP) is 5.45. The Morgan fingerprint density at radius 1 is 1.14 bits per heavy atom. The molecule has 1 aromatic rings. The second-order valence-electron chi connectivity index (χ2n) is 7.85. The van der Waals surface area contributed by atoms with E-state index in [1.807, 2.05) is 31.2 Å². The minimum absolute atomic E-state index is 0.183. The van der Waals surface area contributed by atoms with Crippen LogP contribution in [0.4, 0.5) is 4.39 Å². The molecule has 0 radical (unpaired) electrons. The third-order valence-corrected chi connectivity index (χ3v) is 6.00. The summed E-state index contributed by atoms with van der Waals surface area (Å²) in [6.45, 7) is 1.88. The third kappa shape index (κ3) is 5.84. The molecule has 0 aliphatic heterocycles. The van der Waals surface area contributed by atoms with Gasteiger partial charge in [-0.1, -0.05) is 49.6 Å². The van der Waals surface area contributed by atoms with Crippen molar-refractivity contribution in [2.45, 2.75) is 51.6 Å². The smallest absolute Gasteiger partial charge is 0.130 e. The highest BCUT2D eigenvalue weighted by Gasteiger charge is 2.36. The largest absolute Gasteiger partial charge is 0.399 e. The molecule has 2 saturated carbocycles. The number of halogens is 1. The topological polar surface area (TPSA) is 46.2 Å². The fourth-order valence-electron chi connectivity index (χ4n) is 4.63. The van der Waals surface area contributed by atoms with Crippen LogP contribution in [0.3, 0.4) is 0 Å². The van der Waals surface area contributed by atoms with E-state index in [2.05, 4.69) is 18.9 Å². The van der Waals surface area contributed by atoms with Gasteiger partial charge in [0, 0.05) is 11.3 Å². The first-order valence-electron chi connectivity index (χ1n) is 10.1. The summed E-state index contributed by atoms with van der Waals surface area (Å²) in [5.41, 5.74) is 8.24. The first-order chi connectivity index (χ1) is 13.5. The Bertz CT molecular complexity index is 746. The summed E-state index contributed by atoms with van der Waals surface area (Å²) >= 11 is 0. The molecule has 2 aliphatic rings. The fraction of sp³-hybridized carbons (Fsp3) is 0.440. The summed E-state index contributed by atoms with van der Waals surface area (Å²) in [5.74, 6) is 1.54. The average Bonchev–Trinajstić information content (AvgIpc) is 2.72. The van der Waals surface area contributed by atoms with Gasteiger partial charge in [0.15, 0.2) is 0 Å². The Kier molecular flexibility index (Phi) is 8.54. The minimum atomic E-state index is -0.219. The second kappa shape index (κ2) is 10.9. The van der Waals surface area contributed by atoms with E-state index in [9.17, 15) is 9.50 Å². The van der Waals surface area contributed by atoms with Gasteiger partial charge in [-0.25, -0.2) is 4.39 Å². The Hall–Kier alpha value is -2.31.